The van der Waals surface area contributed by atoms with E-state index in [0.29, 0.717) is 11.4 Å². The molecular weight excluding hydrogens is 290 g/mol. The maximum Gasteiger partial charge on any atom is 0.329 e. The van der Waals surface area contributed by atoms with Gasteiger partial charge < -0.3 is 10.1 Å². The molecule has 1 aromatic carbocycles. The van der Waals surface area contributed by atoms with E-state index in [1.54, 1.807) is 24.3 Å². The largest absolute Gasteiger partial charge is 0.497 e. The molecule has 0 aliphatic carbocycles. The molecule has 0 aliphatic heterocycles. The van der Waals surface area contributed by atoms with Crippen LogP contribution in [0.15, 0.2) is 46.9 Å². The van der Waals surface area contributed by atoms with Gasteiger partial charge in [-0.2, -0.15) is 5.10 Å². The molecule has 0 saturated heterocycles. The quantitative estimate of drug-likeness (QED) is 0.514. The van der Waals surface area contributed by atoms with Gasteiger partial charge in [0.25, 0.3) is 0 Å². The molecule has 108 valence electrons. The highest BCUT2D eigenvalue weighted by atomic mass is 32.1. The van der Waals surface area contributed by atoms with Crippen molar-refractivity contribution in [3.63, 3.8) is 0 Å². The molecule has 2 N–H and O–H groups in total. The summed E-state index contributed by atoms with van der Waals surface area (Å²) in [7, 11) is 1.52. The Kier molecular flexibility index (Phi) is 5.05. The molecule has 1 heterocycles. The number of nitrogens with zero attached hydrogens (tertiary/aromatic N) is 1. The number of thiophene rings is 1. The number of carbonyl (C=O) groups is 2. The number of rotatable bonds is 4. The van der Waals surface area contributed by atoms with Crippen molar-refractivity contribution < 1.29 is 14.3 Å². The second-order valence-corrected chi connectivity index (χ2v) is 4.88. The Balaban J connectivity index is 1.88. The number of hydrogen-bond acceptors (Lipinski definition) is 5. The first kappa shape index (κ1) is 14.7. The summed E-state index contributed by atoms with van der Waals surface area (Å²) in [5, 5.41) is 8.06. The molecule has 0 spiro atoms. The molecule has 1 aromatic heterocycles. The Morgan fingerprint density at radius 3 is 2.81 bits per heavy atom. The third-order valence-corrected chi connectivity index (χ3v) is 3.24. The van der Waals surface area contributed by atoms with Crippen LogP contribution in [0.1, 0.15) is 4.88 Å². The Hall–Kier alpha value is -2.67. The number of ether oxygens (including phenoxy) is 1. The predicted molar refractivity (Wildman–Crippen MR) is 81.7 cm³/mol. The van der Waals surface area contributed by atoms with Gasteiger partial charge in [-0.25, -0.2) is 5.43 Å². The van der Waals surface area contributed by atoms with Gasteiger partial charge in [-0.1, -0.05) is 12.1 Å². The number of hydrazone groups is 1. The van der Waals surface area contributed by atoms with E-state index in [1.807, 2.05) is 17.5 Å². The Morgan fingerprint density at radius 2 is 2.10 bits per heavy atom. The predicted octanol–water partition coefficient (Wildman–Crippen LogP) is 1.85. The Labute approximate surface area is 125 Å². The summed E-state index contributed by atoms with van der Waals surface area (Å²) in [6.07, 6.45) is 1.47. The van der Waals surface area contributed by atoms with Crippen LogP contribution in [0.2, 0.25) is 0 Å². The third kappa shape index (κ3) is 4.43. The molecule has 0 bridgehead atoms. The van der Waals surface area contributed by atoms with Gasteiger partial charge in [0.2, 0.25) is 0 Å². The number of amides is 2. The number of anilines is 1. The zero-order valence-corrected chi connectivity index (χ0v) is 12.0. The zero-order chi connectivity index (χ0) is 15.1. The van der Waals surface area contributed by atoms with Crippen LogP contribution in [-0.2, 0) is 9.59 Å². The maximum absolute atomic E-state index is 11.7. The first-order chi connectivity index (χ1) is 10.2. The number of benzene rings is 1. The number of hydrogen-bond donors (Lipinski definition) is 2. The summed E-state index contributed by atoms with van der Waals surface area (Å²) in [6, 6.07) is 10.4. The molecule has 0 radical (unpaired) electrons. The molecular formula is C14H13N3O3S. The number of nitrogens with one attached hydrogen (secondary N) is 2. The van der Waals surface area contributed by atoms with Crippen LogP contribution in [0.3, 0.4) is 0 Å². The average molecular weight is 303 g/mol. The van der Waals surface area contributed by atoms with Gasteiger partial charge >= 0.3 is 11.8 Å². The van der Waals surface area contributed by atoms with Gasteiger partial charge in [0.1, 0.15) is 5.75 Å². The lowest BCUT2D eigenvalue weighted by molar-refractivity contribution is -0.136. The standard InChI is InChI=1S/C14H13N3O3S/c1-20-11-5-2-4-10(8-11)16-13(18)14(19)17-15-9-12-6-3-7-21-12/h2-9H,1H3,(H,16,18)(H,17,19). The molecule has 0 aliphatic rings. The van der Waals surface area contributed by atoms with Crippen LogP contribution < -0.4 is 15.5 Å². The Bertz CT molecular complexity index is 653. The van der Waals surface area contributed by atoms with Crippen molar-refractivity contribution in [1.29, 1.82) is 0 Å². The van der Waals surface area contributed by atoms with E-state index >= 15 is 0 Å². The average Bonchev–Trinajstić information content (AvgIpc) is 3.00. The van der Waals surface area contributed by atoms with Crippen molar-refractivity contribution in [2.75, 3.05) is 12.4 Å². The van der Waals surface area contributed by atoms with Crippen LogP contribution >= 0.6 is 11.3 Å². The van der Waals surface area contributed by atoms with E-state index in [9.17, 15) is 9.59 Å². The summed E-state index contributed by atoms with van der Waals surface area (Å²) < 4.78 is 5.03. The van der Waals surface area contributed by atoms with E-state index in [-0.39, 0.29) is 0 Å². The van der Waals surface area contributed by atoms with Crippen molar-refractivity contribution in [2.45, 2.75) is 0 Å². The zero-order valence-electron chi connectivity index (χ0n) is 11.2. The minimum absolute atomic E-state index is 0.469. The van der Waals surface area contributed by atoms with Crippen molar-refractivity contribution in [1.82, 2.24) is 5.43 Å². The summed E-state index contributed by atoms with van der Waals surface area (Å²) in [5.41, 5.74) is 2.63. The second-order valence-electron chi connectivity index (χ2n) is 3.90. The first-order valence-electron chi connectivity index (χ1n) is 6.01. The second kappa shape index (κ2) is 7.20. The number of carbonyl (C=O) groups excluding carboxylic acids is 2. The minimum atomic E-state index is -0.842. The monoisotopic (exact) mass is 303 g/mol. The number of methoxy groups -OCH3 is 1. The van der Waals surface area contributed by atoms with Crippen molar-refractivity contribution in [2.24, 2.45) is 5.10 Å². The van der Waals surface area contributed by atoms with Gasteiger partial charge in [-0.15, -0.1) is 11.3 Å². The van der Waals surface area contributed by atoms with E-state index in [2.05, 4.69) is 15.8 Å². The van der Waals surface area contributed by atoms with E-state index in [0.717, 1.165) is 4.88 Å². The van der Waals surface area contributed by atoms with Gasteiger partial charge in [-0.05, 0) is 23.6 Å². The summed E-state index contributed by atoms with van der Waals surface area (Å²) in [5.74, 6) is -1.05. The fourth-order valence-corrected chi connectivity index (χ4v) is 2.04. The molecule has 7 heteroatoms. The lowest BCUT2D eigenvalue weighted by Gasteiger charge is -2.05. The van der Waals surface area contributed by atoms with Crippen LogP contribution in [-0.4, -0.2) is 25.1 Å². The molecule has 0 unspecified atom stereocenters. The minimum Gasteiger partial charge on any atom is -0.497 e. The molecule has 2 aromatic rings. The fraction of sp³-hybridized carbons (Fsp3) is 0.0714. The molecule has 2 amide bonds. The summed E-state index contributed by atoms with van der Waals surface area (Å²) in [6.45, 7) is 0. The summed E-state index contributed by atoms with van der Waals surface area (Å²) in [4.78, 5) is 24.1. The fourth-order valence-electron chi connectivity index (χ4n) is 1.46. The molecule has 0 atom stereocenters. The molecule has 21 heavy (non-hydrogen) atoms. The lowest BCUT2D eigenvalue weighted by Crippen LogP contribution is -2.32. The molecule has 2 rings (SSSR count). The highest BCUT2D eigenvalue weighted by Gasteiger charge is 2.12. The van der Waals surface area contributed by atoms with Crippen molar-refractivity contribution in [3.8, 4) is 5.75 Å². The van der Waals surface area contributed by atoms with Gasteiger partial charge in [-0.3, -0.25) is 9.59 Å². The van der Waals surface area contributed by atoms with Gasteiger partial charge in [0.15, 0.2) is 0 Å². The van der Waals surface area contributed by atoms with E-state index in [4.69, 9.17) is 4.74 Å². The summed E-state index contributed by atoms with van der Waals surface area (Å²) >= 11 is 1.47. The lowest BCUT2D eigenvalue weighted by atomic mass is 10.3. The third-order valence-electron chi connectivity index (χ3n) is 2.43. The molecule has 6 nitrogen and oxygen atoms in total. The molecule has 0 saturated carbocycles. The van der Waals surface area contributed by atoms with Crippen LogP contribution in [0.25, 0.3) is 0 Å². The molecule has 0 fully saturated rings. The van der Waals surface area contributed by atoms with Crippen molar-refractivity contribution in [3.05, 3.63) is 46.7 Å². The first-order valence-corrected chi connectivity index (χ1v) is 6.89. The Morgan fingerprint density at radius 1 is 1.24 bits per heavy atom. The smallest absolute Gasteiger partial charge is 0.329 e. The van der Waals surface area contributed by atoms with Crippen molar-refractivity contribution >= 4 is 35.1 Å². The highest BCUT2D eigenvalue weighted by Crippen LogP contribution is 2.16. The SMILES string of the molecule is COc1cccc(NC(=O)C(=O)NN=Cc2cccs2)c1. The topological polar surface area (TPSA) is 79.8 Å². The maximum atomic E-state index is 11.7. The van der Waals surface area contributed by atoms with E-state index in [1.165, 1.54) is 24.7 Å². The van der Waals surface area contributed by atoms with Crippen LogP contribution in [0, 0.1) is 0 Å². The van der Waals surface area contributed by atoms with Gasteiger partial charge in [0.05, 0.1) is 13.3 Å². The van der Waals surface area contributed by atoms with Gasteiger partial charge in [0, 0.05) is 16.6 Å². The highest BCUT2D eigenvalue weighted by molar-refractivity contribution is 7.11. The normalized spacial score (nSPS) is 10.3. The van der Waals surface area contributed by atoms with Crippen LogP contribution in [0.5, 0.6) is 5.75 Å². The van der Waals surface area contributed by atoms with Crippen LogP contribution in [0.4, 0.5) is 5.69 Å². The van der Waals surface area contributed by atoms with E-state index < -0.39 is 11.8 Å².